The van der Waals surface area contributed by atoms with Gasteiger partial charge in [0, 0.05) is 18.4 Å². The molecule has 24 heavy (non-hydrogen) atoms. The van der Waals surface area contributed by atoms with E-state index in [2.05, 4.69) is 11.1 Å². The number of anilines is 1. The van der Waals surface area contributed by atoms with Gasteiger partial charge in [-0.15, -0.1) is 0 Å². The molecule has 0 unspecified atom stereocenters. The second-order valence-electron chi connectivity index (χ2n) is 5.85. The summed E-state index contributed by atoms with van der Waals surface area (Å²) in [5, 5.41) is 9.37. The number of carbonyl (C=O) groups is 1. The van der Waals surface area contributed by atoms with E-state index in [0.29, 0.717) is 17.1 Å². The fourth-order valence-electron chi connectivity index (χ4n) is 3.27. The van der Waals surface area contributed by atoms with Gasteiger partial charge < -0.3 is 4.90 Å². The first-order chi connectivity index (χ1) is 11.7. The Balaban J connectivity index is 1.94. The highest BCUT2D eigenvalue weighted by molar-refractivity contribution is 6.32. The Bertz CT molecular complexity index is 812. The van der Waals surface area contributed by atoms with Gasteiger partial charge in [0.15, 0.2) is 0 Å². The first-order valence-corrected chi connectivity index (χ1v) is 8.48. The van der Waals surface area contributed by atoms with Crippen LogP contribution in [0.2, 0.25) is 5.02 Å². The highest BCUT2D eigenvalue weighted by Gasteiger charge is 2.31. The number of likely N-dealkylation sites (N-methyl/N-ethyl adjacent to an activating group) is 1. The number of hydrogen-bond acceptors (Lipinski definition) is 3. The molecule has 1 aliphatic carbocycles. The summed E-state index contributed by atoms with van der Waals surface area (Å²) >= 11 is 6.13. The number of rotatable bonds is 3. The van der Waals surface area contributed by atoms with Crippen molar-refractivity contribution in [1.82, 2.24) is 4.98 Å². The molecule has 1 amide bonds. The van der Waals surface area contributed by atoms with Crippen LogP contribution in [0.5, 0.6) is 0 Å². The lowest BCUT2D eigenvalue weighted by atomic mass is 9.85. The van der Waals surface area contributed by atoms with Gasteiger partial charge in [-0.1, -0.05) is 17.7 Å². The quantitative estimate of drug-likeness (QED) is 0.846. The average molecular weight is 340 g/mol. The molecule has 1 aromatic heterocycles. The molecule has 0 spiro atoms. The molecule has 2 aromatic rings. The Morgan fingerprint density at radius 2 is 2.29 bits per heavy atom. The van der Waals surface area contributed by atoms with Crippen LogP contribution in [0.25, 0.3) is 0 Å². The number of nitriles is 1. The van der Waals surface area contributed by atoms with E-state index in [9.17, 15) is 4.79 Å². The van der Waals surface area contributed by atoms with Gasteiger partial charge in [0.05, 0.1) is 22.2 Å². The van der Waals surface area contributed by atoms with E-state index < -0.39 is 0 Å². The summed E-state index contributed by atoms with van der Waals surface area (Å²) in [5.74, 6) is -0.178. The molecule has 3 rings (SSSR count). The molecule has 0 aliphatic heterocycles. The lowest BCUT2D eigenvalue weighted by Gasteiger charge is -2.29. The Morgan fingerprint density at radius 3 is 3.00 bits per heavy atom. The first-order valence-electron chi connectivity index (χ1n) is 8.10. The minimum atomic E-state index is -0.218. The predicted octanol–water partition coefficient (Wildman–Crippen LogP) is 4.08. The third kappa shape index (κ3) is 3.00. The zero-order chi connectivity index (χ0) is 17.1. The van der Waals surface area contributed by atoms with Crippen molar-refractivity contribution in [3.05, 3.63) is 58.4 Å². The van der Waals surface area contributed by atoms with E-state index in [1.807, 2.05) is 19.1 Å². The van der Waals surface area contributed by atoms with E-state index in [4.69, 9.17) is 16.9 Å². The summed E-state index contributed by atoms with van der Waals surface area (Å²) in [6, 6.07) is 11.1. The molecule has 1 aromatic carbocycles. The monoisotopic (exact) mass is 339 g/mol. The number of aromatic nitrogens is 1. The Morgan fingerprint density at radius 1 is 1.46 bits per heavy atom. The minimum Gasteiger partial charge on any atom is -0.312 e. The normalized spacial score (nSPS) is 16.1. The number of pyridine rings is 1. The molecule has 1 atom stereocenters. The summed E-state index contributed by atoms with van der Waals surface area (Å²) in [4.78, 5) is 19.3. The number of aryl methyl sites for hydroxylation is 1. The predicted molar refractivity (Wildman–Crippen MR) is 94.1 cm³/mol. The number of carbonyl (C=O) groups excluding carboxylic acids is 1. The number of fused-ring (bicyclic) bond motifs is 1. The van der Waals surface area contributed by atoms with Crippen LogP contribution in [-0.4, -0.2) is 17.4 Å². The summed E-state index contributed by atoms with van der Waals surface area (Å²) < 4.78 is 0. The molecule has 0 N–H and O–H groups in total. The second-order valence-corrected chi connectivity index (χ2v) is 6.26. The van der Waals surface area contributed by atoms with E-state index in [-0.39, 0.29) is 11.8 Å². The molecular weight excluding hydrogens is 322 g/mol. The van der Waals surface area contributed by atoms with E-state index in [1.54, 1.807) is 29.3 Å². The molecule has 0 radical (unpaired) electrons. The molecule has 0 saturated heterocycles. The lowest BCUT2D eigenvalue weighted by Crippen LogP contribution is -2.36. The maximum Gasteiger partial charge on any atom is 0.236 e. The van der Waals surface area contributed by atoms with Crippen LogP contribution in [0.4, 0.5) is 5.69 Å². The topological polar surface area (TPSA) is 57.0 Å². The Kier molecular flexibility index (Phi) is 4.82. The van der Waals surface area contributed by atoms with Crippen molar-refractivity contribution in [3.63, 3.8) is 0 Å². The maximum absolute atomic E-state index is 13.1. The van der Waals surface area contributed by atoms with E-state index in [0.717, 1.165) is 36.2 Å². The Labute approximate surface area is 146 Å². The molecular formula is C19H18ClN3O. The Hall–Kier alpha value is -2.38. The van der Waals surface area contributed by atoms with Gasteiger partial charge in [0.25, 0.3) is 0 Å². The number of amides is 1. The van der Waals surface area contributed by atoms with Crippen molar-refractivity contribution in [3.8, 4) is 6.07 Å². The molecule has 5 heteroatoms. The SMILES string of the molecule is CCN(C(=O)[C@H]1CCCc2cccnc21)c1ccc(C#N)c(Cl)c1. The number of hydrogen-bond donors (Lipinski definition) is 0. The number of benzene rings is 1. The largest absolute Gasteiger partial charge is 0.312 e. The van der Waals surface area contributed by atoms with Crippen LogP contribution in [0.1, 0.15) is 42.5 Å². The van der Waals surface area contributed by atoms with Crippen LogP contribution in [0.15, 0.2) is 36.5 Å². The van der Waals surface area contributed by atoms with Gasteiger partial charge in [-0.3, -0.25) is 9.78 Å². The molecule has 0 bridgehead atoms. The van der Waals surface area contributed by atoms with Crippen LogP contribution < -0.4 is 4.90 Å². The molecule has 122 valence electrons. The van der Waals surface area contributed by atoms with Crippen molar-refractivity contribution < 1.29 is 4.79 Å². The highest BCUT2D eigenvalue weighted by Crippen LogP contribution is 2.33. The van der Waals surface area contributed by atoms with Crippen LogP contribution in [0.3, 0.4) is 0 Å². The summed E-state index contributed by atoms with van der Waals surface area (Å²) in [6.07, 6.45) is 4.52. The molecule has 0 fully saturated rings. The van der Waals surface area contributed by atoms with Gasteiger partial charge in [-0.05, 0) is 56.0 Å². The van der Waals surface area contributed by atoms with Gasteiger partial charge in [0.1, 0.15) is 6.07 Å². The van der Waals surface area contributed by atoms with Crippen molar-refractivity contribution >= 4 is 23.2 Å². The van der Waals surface area contributed by atoms with Crippen LogP contribution in [0, 0.1) is 11.3 Å². The average Bonchev–Trinajstić information content (AvgIpc) is 2.62. The first kappa shape index (κ1) is 16.5. The standard InChI is InChI=1S/C19H18ClN3O/c1-2-23(15-9-8-14(12-21)17(20)11-15)19(24)16-7-3-5-13-6-4-10-22-18(13)16/h4,6,8-11,16H,2-3,5,7H2,1H3/t16-/m0/s1. The van der Waals surface area contributed by atoms with Crippen molar-refractivity contribution in [2.75, 3.05) is 11.4 Å². The molecule has 1 aliphatic rings. The zero-order valence-electron chi connectivity index (χ0n) is 13.5. The highest BCUT2D eigenvalue weighted by atomic mass is 35.5. The van der Waals surface area contributed by atoms with Crippen molar-refractivity contribution in [1.29, 1.82) is 5.26 Å². The maximum atomic E-state index is 13.1. The van der Waals surface area contributed by atoms with Crippen molar-refractivity contribution in [2.45, 2.75) is 32.1 Å². The molecule has 0 saturated carbocycles. The van der Waals surface area contributed by atoms with Gasteiger partial charge >= 0.3 is 0 Å². The zero-order valence-corrected chi connectivity index (χ0v) is 14.3. The smallest absolute Gasteiger partial charge is 0.236 e. The fourth-order valence-corrected chi connectivity index (χ4v) is 3.48. The second kappa shape index (κ2) is 7.02. The van der Waals surface area contributed by atoms with Gasteiger partial charge in [-0.25, -0.2) is 0 Å². The third-order valence-corrected chi connectivity index (χ3v) is 4.77. The van der Waals surface area contributed by atoms with E-state index in [1.165, 1.54) is 0 Å². The summed E-state index contributed by atoms with van der Waals surface area (Å²) in [6.45, 7) is 2.48. The van der Waals surface area contributed by atoms with Gasteiger partial charge in [0.2, 0.25) is 5.91 Å². The third-order valence-electron chi connectivity index (χ3n) is 4.46. The summed E-state index contributed by atoms with van der Waals surface area (Å²) in [7, 11) is 0. The van der Waals surface area contributed by atoms with Crippen LogP contribution >= 0.6 is 11.6 Å². The fraction of sp³-hybridized carbons (Fsp3) is 0.316. The van der Waals surface area contributed by atoms with Crippen molar-refractivity contribution in [2.24, 2.45) is 0 Å². The lowest BCUT2D eigenvalue weighted by molar-refractivity contribution is -0.120. The molecule has 1 heterocycles. The molecule has 4 nitrogen and oxygen atoms in total. The summed E-state index contributed by atoms with van der Waals surface area (Å²) in [5.41, 5.74) is 3.19. The van der Waals surface area contributed by atoms with Gasteiger partial charge in [-0.2, -0.15) is 5.26 Å². The van der Waals surface area contributed by atoms with Crippen LogP contribution in [-0.2, 0) is 11.2 Å². The number of nitrogens with zero attached hydrogens (tertiary/aromatic N) is 3. The number of halogens is 1. The minimum absolute atomic E-state index is 0.0397. The van der Waals surface area contributed by atoms with E-state index >= 15 is 0 Å².